The van der Waals surface area contributed by atoms with Crippen molar-refractivity contribution in [2.24, 2.45) is 18.9 Å². The number of amides is 1. The van der Waals surface area contributed by atoms with E-state index >= 15 is 0 Å². The van der Waals surface area contributed by atoms with Crippen LogP contribution in [0.1, 0.15) is 23.4 Å². The van der Waals surface area contributed by atoms with E-state index in [1.807, 2.05) is 23.6 Å². The summed E-state index contributed by atoms with van der Waals surface area (Å²) in [7, 11) is 1.94. The average Bonchev–Trinajstić information content (AvgIpc) is 3.15. The zero-order valence-corrected chi connectivity index (χ0v) is 16.3. The van der Waals surface area contributed by atoms with E-state index in [2.05, 4.69) is 16.9 Å². The lowest BCUT2D eigenvalue weighted by Gasteiger charge is -2.30. The van der Waals surface area contributed by atoms with Crippen LogP contribution in [0.5, 0.6) is 0 Å². The number of aliphatic hydroxyl groups excluding tert-OH is 1. The van der Waals surface area contributed by atoms with Gasteiger partial charge in [-0.1, -0.05) is 0 Å². The normalized spacial score (nSPS) is 24.4. The maximum absolute atomic E-state index is 12.7. The molecule has 1 amide bonds. The fourth-order valence-corrected chi connectivity index (χ4v) is 4.24. The van der Waals surface area contributed by atoms with Crippen LogP contribution in [0, 0.1) is 25.7 Å². The Bertz CT molecular complexity index is 625. The van der Waals surface area contributed by atoms with Crippen LogP contribution in [-0.4, -0.2) is 83.1 Å². The van der Waals surface area contributed by atoms with Crippen molar-refractivity contribution in [1.29, 1.82) is 0 Å². The lowest BCUT2D eigenvalue weighted by molar-refractivity contribution is -0.130. The summed E-state index contributed by atoms with van der Waals surface area (Å²) in [5.74, 6) is 0.725. The van der Waals surface area contributed by atoms with Crippen LogP contribution in [0.4, 0.5) is 0 Å². The molecular weight excluding hydrogens is 332 g/mol. The van der Waals surface area contributed by atoms with E-state index in [1.54, 1.807) is 0 Å². The van der Waals surface area contributed by atoms with Crippen LogP contribution in [0.2, 0.25) is 0 Å². The van der Waals surface area contributed by atoms with Crippen molar-refractivity contribution in [2.45, 2.75) is 26.7 Å². The van der Waals surface area contributed by atoms with Gasteiger partial charge in [0.1, 0.15) is 0 Å². The summed E-state index contributed by atoms with van der Waals surface area (Å²) in [5, 5.41) is 14.2. The van der Waals surface area contributed by atoms with E-state index in [4.69, 9.17) is 4.74 Å². The Kier molecular flexibility index (Phi) is 6.32. The highest BCUT2D eigenvalue weighted by molar-refractivity contribution is 5.76. The zero-order chi connectivity index (χ0) is 18.7. The minimum atomic E-state index is 0.152. The molecule has 146 valence electrons. The number of aliphatic hydroxyl groups is 1. The number of ether oxygens (including phenoxy) is 1. The standard InChI is InChI=1S/C19H32N4O3/c1-14-18(15(2)21(3)20-14)4-5-19(25)23-11-16(17(12-23)13-24)10-22-6-8-26-9-7-22/h16-17,24H,4-13H2,1-3H3/t16-,17-/m1/s1. The first kappa shape index (κ1) is 19.3. The summed E-state index contributed by atoms with van der Waals surface area (Å²) in [6, 6.07) is 0. The van der Waals surface area contributed by atoms with Crippen LogP contribution in [-0.2, 0) is 23.0 Å². The first-order valence-electron chi connectivity index (χ1n) is 9.67. The molecule has 2 aliphatic heterocycles. The first-order valence-corrected chi connectivity index (χ1v) is 9.67. The molecule has 1 aromatic heterocycles. The number of morpholine rings is 1. The third-order valence-corrected chi connectivity index (χ3v) is 6.01. The zero-order valence-electron chi connectivity index (χ0n) is 16.3. The minimum Gasteiger partial charge on any atom is -0.396 e. The van der Waals surface area contributed by atoms with Gasteiger partial charge in [0.15, 0.2) is 0 Å². The molecular formula is C19H32N4O3. The van der Waals surface area contributed by atoms with Crippen LogP contribution in [0.3, 0.4) is 0 Å². The van der Waals surface area contributed by atoms with Gasteiger partial charge in [-0.05, 0) is 31.7 Å². The molecule has 7 nitrogen and oxygen atoms in total. The maximum atomic E-state index is 12.7. The second-order valence-corrected chi connectivity index (χ2v) is 7.69. The van der Waals surface area contributed by atoms with E-state index in [0.717, 1.165) is 57.2 Å². The van der Waals surface area contributed by atoms with Gasteiger partial charge < -0.3 is 14.7 Å². The molecule has 0 radical (unpaired) electrons. The molecule has 26 heavy (non-hydrogen) atoms. The van der Waals surface area contributed by atoms with Gasteiger partial charge in [0, 0.05) is 64.4 Å². The molecule has 0 aromatic carbocycles. The van der Waals surface area contributed by atoms with Crippen molar-refractivity contribution in [1.82, 2.24) is 19.6 Å². The lowest BCUT2D eigenvalue weighted by Crippen LogP contribution is -2.41. The summed E-state index contributed by atoms with van der Waals surface area (Å²) >= 11 is 0. The molecule has 0 aliphatic carbocycles. The summed E-state index contributed by atoms with van der Waals surface area (Å²) in [6.07, 6.45) is 1.24. The number of carbonyl (C=O) groups is 1. The van der Waals surface area contributed by atoms with E-state index in [-0.39, 0.29) is 18.4 Å². The van der Waals surface area contributed by atoms with Crippen LogP contribution < -0.4 is 0 Å². The molecule has 0 unspecified atom stereocenters. The Morgan fingerprint density at radius 3 is 2.54 bits per heavy atom. The summed E-state index contributed by atoms with van der Waals surface area (Å²) in [6.45, 7) is 10.0. The number of aromatic nitrogens is 2. The molecule has 0 spiro atoms. The molecule has 2 aliphatic rings. The van der Waals surface area contributed by atoms with Crippen molar-refractivity contribution in [3.8, 4) is 0 Å². The van der Waals surface area contributed by atoms with Crippen molar-refractivity contribution >= 4 is 5.91 Å². The van der Waals surface area contributed by atoms with E-state index in [9.17, 15) is 9.90 Å². The van der Waals surface area contributed by atoms with E-state index in [1.165, 1.54) is 5.56 Å². The van der Waals surface area contributed by atoms with Crippen LogP contribution in [0.25, 0.3) is 0 Å². The predicted molar refractivity (Wildman–Crippen MR) is 98.9 cm³/mol. The molecule has 7 heteroatoms. The van der Waals surface area contributed by atoms with Gasteiger partial charge in [0.25, 0.3) is 0 Å². The smallest absolute Gasteiger partial charge is 0.222 e. The van der Waals surface area contributed by atoms with Gasteiger partial charge in [0.2, 0.25) is 5.91 Å². The number of carbonyl (C=O) groups excluding carboxylic acids is 1. The molecule has 1 aromatic rings. The number of nitrogens with zero attached hydrogens (tertiary/aromatic N) is 4. The predicted octanol–water partition coefficient (Wildman–Crippen LogP) is 0.369. The van der Waals surface area contributed by atoms with Crippen molar-refractivity contribution in [3.63, 3.8) is 0 Å². The van der Waals surface area contributed by atoms with Crippen molar-refractivity contribution < 1.29 is 14.6 Å². The largest absolute Gasteiger partial charge is 0.396 e. The number of likely N-dealkylation sites (tertiary alicyclic amines) is 1. The highest BCUT2D eigenvalue weighted by Gasteiger charge is 2.35. The third kappa shape index (κ3) is 4.27. The van der Waals surface area contributed by atoms with Gasteiger partial charge in [-0.2, -0.15) is 5.10 Å². The highest BCUT2D eigenvalue weighted by Crippen LogP contribution is 2.25. The Hall–Kier alpha value is -1.44. The fourth-order valence-electron chi connectivity index (χ4n) is 4.24. The second-order valence-electron chi connectivity index (χ2n) is 7.69. The summed E-state index contributed by atoms with van der Waals surface area (Å²) in [5.41, 5.74) is 3.33. The van der Waals surface area contributed by atoms with Gasteiger partial charge >= 0.3 is 0 Å². The first-order chi connectivity index (χ1) is 12.5. The highest BCUT2D eigenvalue weighted by atomic mass is 16.5. The Balaban J connectivity index is 1.54. The Labute approximate surface area is 155 Å². The maximum Gasteiger partial charge on any atom is 0.222 e. The average molecular weight is 364 g/mol. The van der Waals surface area contributed by atoms with Gasteiger partial charge in [-0.3, -0.25) is 14.4 Å². The summed E-state index contributed by atoms with van der Waals surface area (Å²) in [4.78, 5) is 17.1. The molecule has 2 atom stereocenters. The molecule has 1 N–H and O–H groups in total. The van der Waals surface area contributed by atoms with Crippen molar-refractivity contribution in [3.05, 3.63) is 17.0 Å². The van der Waals surface area contributed by atoms with Crippen LogP contribution >= 0.6 is 0 Å². The fraction of sp³-hybridized carbons (Fsp3) is 0.789. The quantitative estimate of drug-likeness (QED) is 0.790. The SMILES string of the molecule is Cc1nn(C)c(C)c1CCC(=O)N1C[C@@H](CN2CCOCC2)[C@@H](CO)C1. The van der Waals surface area contributed by atoms with E-state index < -0.39 is 0 Å². The van der Waals surface area contributed by atoms with Gasteiger partial charge in [-0.25, -0.2) is 0 Å². The van der Waals surface area contributed by atoms with Gasteiger partial charge in [-0.15, -0.1) is 0 Å². The molecule has 3 heterocycles. The molecule has 2 fully saturated rings. The second kappa shape index (κ2) is 8.50. The van der Waals surface area contributed by atoms with E-state index in [0.29, 0.717) is 18.9 Å². The number of rotatable bonds is 6. The lowest BCUT2D eigenvalue weighted by atomic mass is 9.96. The molecule has 0 bridgehead atoms. The topological polar surface area (TPSA) is 70.8 Å². The Morgan fingerprint density at radius 2 is 1.92 bits per heavy atom. The number of hydrogen-bond donors (Lipinski definition) is 1. The molecule has 3 rings (SSSR count). The monoisotopic (exact) mass is 364 g/mol. The summed E-state index contributed by atoms with van der Waals surface area (Å²) < 4.78 is 7.29. The van der Waals surface area contributed by atoms with Gasteiger partial charge in [0.05, 0.1) is 18.9 Å². The minimum absolute atomic E-state index is 0.152. The van der Waals surface area contributed by atoms with Crippen LogP contribution in [0.15, 0.2) is 0 Å². The number of aryl methyl sites for hydroxylation is 2. The number of hydrogen-bond acceptors (Lipinski definition) is 5. The molecule has 2 saturated heterocycles. The third-order valence-electron chi connectivity index (χ3n) is 6.01. The van der Waals surface area contributed by atoms with Crippen molar-refractivity contribution in [2.75, 3.05) is 52.5 Å². The molecule has 0 saturated carbocycles. The Morgan fingerprint density at radius 1 is 1.23 bits per heavy atom.